The van der Waals surface area contributed by atoms with Crippen LogP contribution in [0.3, 0.4) is 0 Å². The number of aromatic nitrogens is 1. The minimum absolute atomic E-state index is 1.20. The zero-order valence-electron chi connectivity index (χ0n) is 20.4. The second-order valence-corrected chi connectivity index (χ2v) is 6.81. The van der Waals surface area contributed by atoms with Gasteiger partial charge in [0, 0.05) is 21.7 Å². The van der Waals surface area contributed by atoms with E-state index in [1.807, 2.05) is 41.5 Å². The summed E-state index contributed by atoms with van der Waals surface area (Å²) in [5.74, 6) is 0. The summed E-state index contributed by atoms with van der Waals surface area (Å²) in [5, 5.41) is 5.21. The van der Waals surface area contributed by atoms with E-state index in [4.69, 9.17) is 0 Å². The van der Waals surface area contributed by atoms with Crippen LogP contribution in [0.4, 0.5) is 0 Å². The van der Waals surface area contributed by atoms with Crippen LogP contribution in [-0.2, 0) is 0 Å². The first-order chi connectivity index (χ1) is 15.2. The Labute approximate surface area is 188 Å². The average molecular weight is 412 g/mol. The van der Waals surface area contributed by atoms with Gasteiger partial charge in [0.25, 0.3) is 0 Å². The van der Waals surface area contributed by atoms with E-state index in [0.717, 1.165) is 0 Å². The molecule has 1 heterocycles. The second kappa shape index (κ2) is 11.4. The zero-order chi connectivity index (χ0) is 23.0. The third kappa shape index (κ3) is 4.51. The molecule has 31 heavy (non-hydrogen) atoms. The number of nitrogens with one attached hydrogen (secondary N) is 1. The van der Waals surface area contributed by atoms with Crippen molar-refractivity contribution in [1.82, 2.24) is 4.98 Å². The maximum absolute atomic E-state index is 3.66. The molecule has 0 aliphatic carbocycles. The number of rotatable bonds is 1. The average Bonchev–Trinajstić information content (AvgIpc) is 3.22. The lowest BCUT2D eigenvalue weighted by Gasteiger charge is -2.13. The summed E-state index contributed by atoms with van der Waals surface area (Å²) in [7, 11) is 0. The van der Waals surface area contributed by atoms with Crippen LogP contribution >= 0.6 is 0 Å². The minimum atomic E-state index is 1.20. The first kappa shape index (κ1) is 24.2. The van der Waals surface area contributed by atoms with Gasteiger partial charge in [0.1, 0.15) is 0 Å². The van der Waals surface area contributed by atoms with Crippen molar-refractivity contribution in [3.8, 4) is 11.1 Å². The first-order valence-electron chi connectivity index (χ1n) is 11.7. The van der Waals surface area contributed by atoms with Crippen LogP contribution in [-0.4, -0.2) is 4.98 Å². The number of fused-ring (bicyclic) bond motifs is 5. The molecule has 0 spiro atoms. The number of benzene rings is 4. The van der Waals surface area contributed by atoms with Gasteiger partial charge in [0.2, 0.25) is 0 Å². The van der Waals surface area contributed by atoms with Gasteiger partial charge in [-0.1, -0.05) is 108 Å². The van der Waals surface area contributed by atoms with Crippen LogP contribution in [0.15, 0.2) is 72.8 Å². The molecule has 1 N–H and O–H groups in total. The molecule has 0 saturated carbocycles. The highest BCUT2D eigenvalue weighted by Crippen LogP contribution is 2.37. The van der Waals surface area contributed by atoms with E-state index in [2.05, 4.69) is 91.6 Å². The Morgan fingerprint density at radius 1 is 0.548 bits per heavy atom. The molecule has 0 unspecified atom stereocenters. The van der Waals surface area contributed by atoms with Crippen molar-refractivity contribution >= 4 is 32.6 Å². The van der Waals surface area contributed by atoms with E-state index in [-0.39, 0.29) is 0 Å². The molecule has 5 rings (SSSR count). The van der Waals surface area contributed by atoms with Gasteiger partial charge in [0.05, 0.1) is 5.52 Å². The van der Waals surface area contributed by atoms with Gasteiger partial charge in [-0.3, -0.25) is 0 Å². The number of hydrogen-bond donors (Lipinski definition) is 1. The summed E-state index contributed by atoms with van der Waals surface area (Å²) in [6.45, 7) is 16.4. The van der Waals surface area contributed by atoms with Crippen molar-refractivity contribution in [1.29, 1.82) is 0 Å². The Morgan fingerprint density at radius 2 is 1.16 bits per heavy atom. The molecule has 0 bridgehead atoms. The van der Waals surface area contributed by atoms with E-state index in [0.29, 0.717) is 0 Å². The Bertz CT molecular complexity index is 1260. The number of hydrogen-bond acceptors (Lipinski definition) is 0. The third-order valence-corrected chi connectivity index (χ3v) is 5.36. The van der Waals surface area contributed by atoms with Gasteiger partial charge >= 0.3 is 0 Å². The van der Waals surface area contributed by atoms with Crippen molar-refractivity contribution in [3.63, 3.8) is 0 Å². The van der Waals surface area contributed by atoms with Gasteiger partial charge in [-0.05, 0) is 47.6 Å². The SMILES string of the molecule is CC.CC.CC.Cc1ccccc1-c1ccc2ccc3c4ccccc4[nH]c3c2c1C. The molecule has 4 aromatic carbocycles. The van der Waals surface area contributed by atoms with Crippen LogP contribution < -0.4 is 0 Å². The van der Waals surface area contributed by atoms with Crippen molar-refractivity contribution in [2.24, 2.45) is 0 Å². The fourth-order valence-electron chi connectivity index (χ4n) is 4.08. The van der Waals surface area contributed by atoms with E-state index in [9.17, 15) is 0 Å². The number of aryl methyl sites for hydroxylation is 2. The predicted octanol–water partition coefficient (Wildman–Crippen LogP) is 9.84. The number of H-pyrrole nitrogens is 1. The minimum Gasteiger partial charge on any atom is -0.354 e. The molecular weight excluding hydrogens is 374 g/mol. The van der Waals surface area contributed by atoms with E-state index >= 15 is 0 Å². The van der Waals surface area contributed by atoms with Crippen molar-refractivity contribution in [2.75, 3.05) is 0 Å². The Morgan fingerprint density at radius 3 is 1.87 bits per heavy atom. The predicted molar refractivity (Wildman–Crippen MR) is 142 cm³/mol. The molecule has 0 aliphatic rings. The van der Waals surface area contributed by atoms with Gasteiger partial charge in [0.15, 0.2) is 0 Å². The summed E-state index contributed by atoms with van der Waals surface area (Å²) < 4.78 is 0. The summed E-state index contributed by atoms with van der Waals surface area (Å²) >= 11 is 0. The Kier molecular flexibility index (Phi) is 8.88. The molecule has 0 saturated heterocycles. The van der Waals surface area contributed by atoms with Gasteiger partial charge in [-0.25, -0.2) is 0 Å². The van der Waals surface area contributed by atoms with Crippen LogP contribution in [0.2, 0.25) is 0 Å². The van der Waals surface area contributed by atoms with Crippen molar-refractivity contribution in [2.45, 2.75) is 55.4 Å². The van der Waals surface area contributed by atoms with E-state index in [1.165, 1.54) is 54.8 Å². The molecule has 0 aliphatic heterocycles. The van der Waals surface area contributed by atoms with Gasteiger partial charge < -0.3 is 4.98 Å². The first-order valence-corrected chi connectivity index (χ1v) is 11.7. The lowest BCUT2D eigenvalue weighted by atomic mass is 9.92. The van der Waals surface area contributed by atoms with Crippen LogP contribution in [0, 0.1) is 13.8 Å². The molecule has 1 aromatic heterocycles. The van der Waals surface area contributed by atoms with E-state index in [1.54, 1.807) is 0 Å². The normalized spacial score (nSPS) is 9.94. The highest BCUT2D eigenvalue weighted by molar-refractivity contribution is 6.18. The lowest BCUT2D eigenvalue weighted by Crippen LogP contribution is -1.89. The van der Waals surface area contributed by atoms with Gasteiger partial charge in [-0.15, -0.1) is 0 Å². The molecule has 1 heteroatoms. The molecule has 0 radical (unpaired) electrons. The molecule has 5 aromatic rings. The number of para-hydroxylation sites is 1. The smallest absolute Gasteiger partial charge is 0.0547 e. The summed E-state index contributed by atoms with van der Waals surface area (Å²) in [6.07, 6.45) is 0. The third-order valence-electron chi connectivity index (χ3n) is 5.36. The highest BCUT2D eigenvalue weighted by atomic mass is 14.7. The van der Waals surface area contributed by atoms with Crippen LogP contribution in [0.5, 0.6) is 0 Å². The Balaban J connectivity index is 0.000000527. The second-order valence-electron chi connectivity index (χ2n) is 6.81. The number of aromatic amines is 1. The topological polar surface area (TPSA) is 15.8 Å². The fraction of sp³-hybridized carbons (Fsp3) is 0.267. The van der Waals surface area contributed by atoms with Crippen LogP contribution in [0.1, 0.15) is 52.7 Å². The summed E-state index contributed by atoms with van der Waals surface area (Å²) in [6, 6.07) is 26.2. The molecule has 0 fully saturated rings. The molecule has 0 atom stereocenters. The zero-order valence-corrected chi connectivity index (χ0v) is 20.4. The highest BCUT2D eigenvalue weighted by Gasteiger charge is 2.13. The molecule has 0 amide bonds. The van der Waals surface area contributed by atoms with Gasteiger partial charge in [-0.2, -0.15) is 0 Å². The maximum atomic E-state index is 3.66. The molecular formula is C30H37N. The quantitative estimate of drug-likeness (QED) is 0.282. The largest absolute Gasteiger partial charge is 0.354 e. The van der Waals surface area contributed by atoms with Crippen molar-refractivity contribution < 1.29 is 0 Å². The van der Waals surface area contributed by atoms with Crippen LogP contribution in [0.25, 0.3) is 43.7 Å². The molecule has 1 nitrogen and oxygen atoms in total. The maximum Gasteiger partial charge on any atom is 0.0547 e. The lowest BCUT2D eigenvalue weighted by molar-refractivity contribution is 1.43. The standard InChI is InChI=1S/C24H19N.3C2H6/c1-15-7-3-4-8-18(15)19-13-11-17-12-14-21-20-9-5-6-10-22(20)25-24(21)23(17)16(19)2;3*1-2/h3-14,25H,1-2H3;3*1-2H3. The summed E-state index contributed by atoms with van der Waals surface area (Å²) in [5.41, 5.74) is 7.72. The Hall–Kier alpha value is -3.06. The fourth-order valence-corrected chi connectivity index (χ4v) is 4.08. The molecule has 162 valence electrons. The van der Waals surface area contributed by atoms with E-state index < -0.39 is 0 Å². The van der Waals surface area contributed by atoms with Crippen molar-refractivity contribution in [3.05, 3.63) is 83.9 Å². The summed E-state index contributed by atoms with van der Waals surface area (Å²) in [4.78, 5) is 3.66. The monoisotopic (exact) mass is 411 g/mol.